The van der Waals surface area contributed by atoms with Gasteiger partial charge in [0, 0.05) is 28.8 Å². The topological polar surface area (TPSA) is 40.5 Å². The molecule has 1 aromatic carbocycles. The molecule has 3 nitrogen and oxygen atoms in total. The van der Waals surface area contributed by atoms with E-state index in [4.69, 9.17) is 5.11 Å². The molecule has 1 unspecified atom stereocenters. The highest BCUT2D eigenvalue weighted by Crippen LogP contribution is 2.32. The molecule has 0 spiro atoms. The number of halogens is 1. The maximum atomic E-state index is 10.7. The van der Waals surface area contributed by atoms with Gasteiger partial charge in [-0.05, 0) is 49.1 Å². The van der Waals surface area contributed by atoms with Crippen molar-refractivity contribution in [3.05, 3.63) is 34.3 Å². The summed E-state index contributed by atoms with van der Waals surface area (Å²) in [4.78, 5) is 13.1. The van der Waals surface area contributed by atoms with Crippen LogP contribution in [0.25, 0.3) is 6.08 Å². The van der Waals surface area contributed by atoms with Gasteiger partial charge in [-0.15, -0.1) is 0 Å². The van der Waals surface area contributed by atoms with E-state index in [1.54, 1.807) is 6.08 Å². The van der Waals surface area contributed by atoms with Crippen LogP contribution in [-0.4, -0.2) is 23.7 Å². The van der Waals surface area contributed by atoms with Gasteiger partial charge in [-0.1, -0.05) is 22.9 Å². The lowest BCUT2D eigenvalue weighted by Crippen LogP contribution is -2.28. The third-order valence-corrected chi connectivity index (χ3v) is 4.05. The molecule has 0 saturated carbocycles. The van der Waals surface area contributed by atoms with Crippen LogP contribution in [0, 0.1) is 0 Å². The van der Waals surface area contributed by atoms with E-state index in [9.17, 15) is 4.79 Å². The van der Waals surface area contributed by atoms with Crippen molar-refractivity contribution >= 4 is 33.7 Å². The van der Waals surface area contributed by atoms with Gasteiger partial charge in [0.2, 0.25) is 0 Å². The second-order valence-electron chi connectivity index (χ2n) is 4.77. The van der Waals surface area contributed by atoms with E-state index >= 15 is 0 Å². The molecular weight excluding hydrogens is 306 g/mol. The van der Waals surface area contributed by atoms with Gasteiger partial charge in [0.1, 0.15) is 0 Å². The number of carboxylic acids is 1. The second-order valence-corrected chi connectivity index (χ2v) is 5.69. The normalized spacial score (nSPS) is 19.3. The molecular formula is C15H18BrNO2. The summed E-state index contributed by atoms with van der Waals surface area (Å²) in [6.07, 6.45) is 6.42. The molecule has 0 bridgehead atoms. The summed E-state index contributed by atoms with van der Waals surface area (Å²) in [5.41, 5.74) is 2.09. The van der Waals surface area contributed by atoms with E-state index in [1.807, 2.05) is 12.1 Å². The number of carboxylic acid groups (broad SMARTS) is 1. The van der Waals surface area contributed by atoms with Gasteiger partial charge in [-0.25, -0.2) is 4.79 Å². The Morgan fingerprint density at radius 3 is 3.05 bits per heavy atom. The minimum atomic E-state index is -0.917. The van der Waals surface area contributed by atoms with Crippen LogP contribution in [0.1, 0.15) is 31.7 Å². The molecule has 0 aliphatic carbocycles. The molecule has 1 aliphatic heterocycles. The highest BCUT2D eigenvalue weighted by molar-refractivity contribution is 9.10. The molecule has 1 aromatic rings. The summed E-state index contributed by atoms with van der Waals surface area (Å²) in [5, 5.41) is 8.79. The van der Waals surface area contributed by atoms with Crippen molar-refractivity contribution in [3.63, 3.8) is 0 Å². The molecule has 1 heterocycles. The largest absolute Gasteiger partial charge is 0.478 e. The summed E-state index contributed by atoms with van der Waals surface area (Å²) in [6, 6.07) is 6.62. The average molecular weight is 324 g/mol. The van der Waals surface area contributed by atoms with Gasteiger partial charge in [0.15, 0.2) is 0 Å². The lowest BCUT2D eigenvalue weighted by Gasteiger charge is -2.27. The zero-order valence-corrected chi connectivity index (χ0v) is 12.6. The van der Waals surface area contributed by atoms with E-state index in [0.29, 0.717) is 6.04 Å². The Kier molecular flexibility index (Phi) is 4.64. The lowest BCUT2D eigenvalue weighted by atomic mass is 10.1. The molecule has 1 aliphatic rings. The fourth-order valence-corrected chi connectivity index (χ4v) is 3.04. The first-order valence-corrected chi connectivity index (χ1v) is 7.38. The van der Waals surface area contributed by atoms with Gasteiger partial charge in [-0.3, -0.25) is 0 Å². The van der Waals surface area contributed by atoms with Gasteiger partial charge in [0.25, 0.3) is 0 Å². The third kappa shape index (κ3) is 3.38. The van der Waals surface area contributed by atoms with Crippen LogP contribution in [0.15, 0.2) is 28.7 Å². The molecule has 2 rings (SSSR count). The van der Waals surface area contributed by atoms with Crippen molar-refractivity contribution in [1.82, 2.24) is 0 Å². The Labute approximate surface area is 122 Å². The number of nitrogens with zero attached hydrogens (tertiary/aromatic N) is 1. The average Bonchev–Trinajstić information content (AvgIpc) is 2.84. The molecule has 0 aromatic heterocycles. The van der Waals surface area contributed by atoms with Crippen molar-refractivity contribution in [2.45, 2.75) is 32.2 Å². The minimum absolute atomic E-state index is 0.568. The predicted molar refractivity (Wildman–Crippen MR) is 81.5 cm³/mol. The smallest absolute Gasteiger partial charge is 0.328 e. The maximum absolute atomic E-state index is 10.7. The van der Waals surface area contributed by atoms with Crippen molar-refractivity contribution in [2.75, 3.05) is 11.4 Å². The fourth-order valence-electron chi connectivity index (χ4n) is 2.66. The molecule has 1 N–H and O–H groups in total. The lowest BCUT2D eigenvalue weighted by molar-refractivity contribution is -0.131. The van der Waals surface area contributed by atoms with E-state index in [1.165, 1.54) is 18.9 Å². The van der Waals surface area contributed by atoms with Crippen LogP contribution in [0.2, 0.25) is 0 Å². The number of hydrogen-bond donors (Lipinski definition) is 1. The minimum Gasteiger partial charge on any atom is -0.478 e. The summed E-state index contributed by atoms with van der Waals surface area (Å²) < 4.78 is 0.966. The van der Waals surface area contributed by atoms with Crippen molar-refractivity contribution < 1.29 is 9.90 Å². The first kappa shape index (κ1) is 14.1. The van der Waals surface area contributed by atoms with Crippen LogP contribution in [0.4, 0.5) is 5.69 Å². The number of rotatable bonds is 4. The Bertz CT molecular complexity index is 499. The molecule has 1 atom stereocenters. The first-order valence-electron chi connectivity index (χ1n) is 6.59. The van der Waals surface area contributed by atoms with Crippen LogP contribution < -0.4 is 4.90 Å². The molecule has 19 heavy (non-hydrogen) atoms. The molecule has 1 fully saturated rings. The number of aliphatic carboxylic acids is 1. The van der Waals surface area contributed by atoms with E-state index in [0.717, 1.165) is 28.7 Å². The van der Waals surface area contributed by atoms with Crippen LogP contribution in [-0.2, 0) is 4.79 Å². The monoisotopic (exact) mass is 323 g/mol. The number of hydrogen-bond acceptors (Lipinski definition) is 2. The summed E-state index contributed by atoms with van der Waals surface area (Å²) >= 11 is 3.44. The molecule has 102 valence electrons. The highest BCUT2D eigenvalue weighted by atomic mass is 79.9. The van der Waals surface area contributed by atoms with Crippen LogP contribution >= 0.6 is 15.9 Å². The molecule has 0 amide bonds. The van der Waals surface area contributed by atoms with Crippen molar-refractivity contribution in [3.8, 4) is 0 Å². The second kappa shape index (κ2) is 6.24. The Balaban J connectivity index is 2.36. The van der Waals surface area contributed by atoms with Gasteiger partial charge in [-0.2, -0.15) is 0 Å². The first-order chi connectivity index (χ1) is 9.11. The summed E-state index contributed by atoms with van der Waals surface area (Å²) in [7, 11) is 0. The van der Waals surface area contributed by atoms with Gasteiger partial charge in [0.05, 0.1) is 0 Å². The SMILES string of the molecule is CCC1CCCN1c1ccc(Br)cc1/C=C/C(=O)O. The summed E-state index contributed by atoms with van der Waals surface area (Å²) in [5.74, 6) is -0.917. The van der Waals surface area contributed by atoms with Crippen molar-refractivity contribution in [1.29, 1.82) is 0 Å². The van der Waals surface area contributed by atoms with E-state index in [2.05, 4.69) is 33.8 Å². The quantitative estimate of drug-likeness (QED) is 0.853. The Morgan fingerprint density at radius 2 is 2.37 bits per heavy atom. The van der Waals surface area contributed by atoms with Crippen molar-refractivity contribution in [2.24, 2.45) is 0 Å². The number of anilines is 1. The Morgan fingerprint density at radius 1 is 1.58 bits per heavy atom. The molecule has 1 saturated heterocycles. The molecule has 4 heteroatoms. The summed E-state index contributed by atoms with van der Waals surface area (Å²) in [6.45, 7) is 3.25. The zero-order valence-electron chi connectivity index (χ0n) is 11.0. The zero-order chi connectivity index (χ0) is 13.8. The molecule has 0 radical (unpaired) electrons. The van der Waals surface area contributed by atoms with Gasteiger partial charge < -0.3 is 10.0 Å². The standard InChI is InChI=1S/C15H18BrNO2/c1-2-13-4-3-9-17(13)14-7-6-12(16)10-11(14)5-8-15(18)19/h5-8,10,13H,2-4,9H2,1H3,(H,18,19)/b8-5+. The van der Waals surface area contributed by atoms with Gasteiger partial charge >= 0.3 is 5.97 Å². The number of carbonyl (C=O) groups is 1. The van der Waals surface area contributed by atoms with E-state index < -0.39 is 5.97 Å². The number of benzene rings is 1. The predicted octanol–water partition coefficient (Wildman–Crippen LogP) is 3.93. The Hall–Kier alpha value is -1.29. The fraction of sp³-hybridized carbons (Fsp3) is 0.400. The van der Waals surface area contributed by atoms with Crippen LogP contribution in [0.5, 0.6) is 0 Å². The third-order valence-electron chi connectivity index (χ3n) is 3.55. The van der Waals surface area contributed by atoms with E-state index in [-0.39, 0.29) is 0 Å². The highest BCUT2D eigenvalue weighted by Gasteiger charge is 2.24. The maximum Gasteiger partial charge on any atom is 0.328 e. The van der Waals surface area contributed by atoms with Crippen LogP contribution in [0.3, 0.4) is 0 Å².